The van der Waals surface area contributed by atoms with Gasteiger partial charge in [0.2, 0.25) is 0 Å². The second kappa shape index (κ2) is 7.25. The molecule has 0 heterocycles. The van der Waals surface area contributed by atoms with Crippen LogP contribution in [0.1, 0.15) is 11.1 Å². The summed E-state index contributed by atoms with van der Waals surface area (Å²) in [5, 5.41) is 0. The van der Waals surface area contributed by atoms with Gasteiger partial charge in [-0.15, -0.1) is 0 Å². The van der Waals surface area contributed by atoms with Gasteiger partial charge in [0, 0.05) is 5.56 Å². The number of nitrogens with two attached hydrogens (primary N) is 1. The van der Waals surface area contributed by atoms with Crippen LogP contribution in [0.2, 0.25) is 0 Å². The van der Waals surface area contributed by atoms with Crippen LogP contribution in [-0.4, -0.2) is 13.2 Å². The number of benzene rings is 2. The average Bonchev–Trinajstić information content (AvgIpc) is 2.46. The highest BCUT2D eigenvalue weighted by Crippen LogP contribution is 2.13. The van der Waals surface area contributed by atoms with E-state index < -0.39 is 0 Å². The van der Waals surface area contributed by atoms with Gasteiger partial charge in [0.25, 0.3) is 0 Å². The maximum atomic E-state index is 5.60. The van der Waals surface area contributed by atoms with Crippen LogP contribution in [0.15, 0.2) is 54.6 Å². The van der Waals surface area contributed by atoms with E-state index in [1.807, 2.05) is 48.5 Å². The van der Waals surface area contributed by atoms with E-state index in [2.05, 4.69) is 17.9 Å². The summed E-state index contributed by atoms with van der Waals surface area (Å²) < 4.78 is 5.60. The average molecular weight is 251 g/mol. The molecule has 2 heteroatoms. The van der Waals surface area contributed by atoms with Gasteiger partial charge in [0.1, 0.15) is 12.4 Å². The first-order valence-electron chi connectivity index (χ1n) is 6.34. The summed E-state index contributed by atoms with van der Waals surface area (Å²) in [5.41, 5.74) is 7.73. The smallest absolute Gasteiger partial charge is 0.149 e. The number of rotatable bonds is 4. The van der Waals surface area contributed by atoms with Gasteiger partial charge in [-0.05, 0) is 42.8 Å². The molecule has 2 aromatic rings. The summed E-state index contributed by atoms with van der Waals surface area (Å²) in [6.45, 7) is 1.04. The molecule has 0 fully saturated rings. The van der Waals surface area contributed by atoms with Crippen LogP contribution in [0.25, 0.3) is 0 Å². The Morgan fingerprint density at radius 2 is 1.84 bits per heavy atom. The molecule has 2 aromatic carbocycles. The fraction of sp³-hybridized carbons (Fsp3) is 0.176. The summed E-state index contributed by atoms with van der Waals surface area (Å²) in [5.74, 6) is 6.91. The molecule has 0 unspecified atom stereocenters. The number of hydrogen-bond donors (Lipinski definition) is 1. The lowest BCUT2D eigenvalue weighted by Gasteiger charge is -2.04. The molecule has 2 N–H and O–H groups in total. The fourth-order valence-electron chi connectivity index (χ4n) is 1.74. The van der Waals surface area contributed by atoms with Crippen molar-refractivity contribution in [3.63, 3.8) is 0 Å². The van der Waals surface area contributed by atoms with Gasteiger partial charge < -0.3 is 10.5 Å². The summed E-state index contributed by atoms with van der Waals surface area (Å²) in [6, 6.07) is 17.9. The van der Waals surface area contributed by atoms with Crippen molar-refractivity contribution in [1.82, 2.24) is 0 Å². The van der Waals surface area contributed by atoms with E-state index in [0.717, 1.165) is 17.7 Å². The molecule has 0 amide bonds. The van der Waals surface area contributed by atoms with Crippen molar-refractivity contribution >= 4 is 0 Å². The van der Waals surface area contributed by atoms with E-state index in [1.165, 1.54) is 5.56 Å². The molecule has 2 nitrogen and oxygen atoms in total. The minimum atomic E-state index is 0.390. The lowest BCUT2D eigenvalue weighted by atomic mass is 10.1. The minimum Gasteiger partial charge on any atom is -0.481 e. The SMILES string of the molecule is NCCc1cccc(OCC#Cc2ccccc2)c1. The highest BCUT2D eigenvalue weighted by Gasteiger charge is 1.95. The largest absolute Gasteiger partial charge is 0.481 e. The van der Waals surface area contributed by atoms with Crippen LogP contribution in [-0.2, 0) is 6.42 Å². The zero-order chi connectivity index (χ0) is 13.3. The highest BCUT2D eigenvalue weighted by atomic mass is 16.5. The summed E-state index contributed by atoms with van der Waals surface area (Å²) in [4.78, 5) is 0. The first-order chi connectivity index (χ1) is 9.38. The normalized spacial score (nSPS) is 9.53. The van der Waals surface area contributed by atoms with E-state index in [1.54, 1.807) is 0 Å². The lowest BCUT2D eigenvalue weighted by Crippen LogP contribution is -2.03. The second-order valence-corrected chi connectivity index (χ2v) is 4.14. The first-order valence-corrected chi connectivity index (χ1v) is 6.34. The van der Waals surface area contributed by atoms with Crippen molar-refractivity contribution in [3.05, 3.63) is 65.7 Å². The van der Waals surface area contributed by atoms with Crippen LogP contribution < -0.4 is 10.5 Å². The molecule has 96 valence electrons. The maximum absolute atomic E-state index is 5.60. The van der Waals surface area contributed by atoms with Gasteiger partial charge in [0.05, 0.1) is 0 Å². The molecular formula is C17H17NO. The molecule has 0 aliphatic carbocycles. The van der Waals surface area contributed by atoms with E-state index in [0.29, 0.717) is 13.2 Å². The monoisotopic (exact) mass is 251 g/mol. The molecule has 2 rings (SSSR count). The Bertz CT molecular complexity index is 567. The third kappa shape index (κ3) is 4.50. The second-order valence-electron chi connectivity index (χ2n) is 4.14. The number of ether oxygens (including phenoxy) is 1. The first kappa shape index (κ1) is 13.2. The van der Waals surface area contributed by atoms with Crippen molar-refractivity contribution in [2.24, 2.45) is 5.73 Å². The highest BCUT2D eigenvalue weighted by molar-refractivity contribution is 5.34. The summed E-state index contributed by atoms with van der Waals surface area (Å²) in [6.07, 6.45) is 0.868. The topological polar surface area (TPSA) is 35.2 Å². The van der Waals surface area contributed by atoms with Crippen molar-refractivity contribution in [1.29, 1.82) is 0 Å². The standard InChI is InChI=1S/C17H17NO/c18-12-11-16-8-4-10-17(14-16)19-13-5-9-15-6-2-1-3-7-15/h1-4,6-8,10,14H,11-13,18H2. The summed E-state index contributed by atoms with van der Waals surface area (Å²) >= 11 is 0. The van der Waals surface area contributed by atoms with Crippen LogP contribution in [0, 0.1) is 11.8 Å². The molecule has 0 bridgehead atoms. The summed E-state index contributed by atoms with van der Waals surface area (Å²) in [7, 11) is 0. The Morgan fingerprint density at radius 1 is 1.00 bits per heavy atom. The molecule has 0 aliphatic rings. The Kier molecular flexibility index (Phi) is 5.04. The van der Waals surface area contributed by atoms with Gasteiger partial charge in [-0.3, -0.25) is 0 Å². The lowest BCUT2D eigenvalue weighted by molar-refractivity contribution is 0.370. The van der Waals surface area contributed by atoms with Gasteiger partial charge >= 0.3 is 0 Å². The molecule has 19 heavy (non-hydrogen) atoms. The van der Waals surface area contributed by atoms with Gasteiger partial charge in [-0.1, -0.05) is 42.2 Å². The number of hydrogen-bond acceptors (Lipinski definition) is 2. The molecule has 0 aliphatic heterocycles. The van der Waals surface area contributed by atoms with Crippen molar-refractivity contribution in [3.8, 4) is 17.6 Å². The molecule has 0 spiro atoms. The maximum Gasteiger partial charge on any atom is 0.149 e. The molecule has 0 saturated carbocycles. The van der Waals surface area contributed by atoms with E-state index in [-0.39, 0.29) is 0 Å². The van der Waals surface area contributed by atoms with Crippen molar-refractivity contribution in [2.75, 3.05) is 13.2 Å². The van der Waals surface area contributed by atoms with Gasteiger partial charge in [-0.2, -0.15) is 0 Å². The van der Waals surface area contributed by atoms with Gasteiger partial charge in [0.15, 0.2) is 0 Å². The Hall–Kier alpha value is -2.24. The fourth-order valence-corrected chi connectivity index (χ4v) is 1.74. The molecular weight excluding hydrogens is 234 g/mol. The van der Waals surface area contributed by atoms with Crippen molar-refractivity contribution in [2.45, 2.75) is 6.42 Å². The van der Waals surface area contributed by atoms with Crippen LogP contribution in [0.5, 0.6) is 5.75 Å². The third-order valence-electron chi connectivity index (χ3n) is 2.65. The molecule has 0 aromatic heterocycles. The quantitative estimate of drug-likeness (QED) is 0.848. The van der Waals surface area contributed by atoms with Crippen LogP contribution in [0.4, 0.5) is 0 Å². The molecule has 0 saturated heterocycles. The minimum absolute atomic E-state index is 0.390. The third-order valence-corrected chi connectivity index (χ3v) is 2.65. The predicted octanol–water partition coefficient (Wildman–Crippen LogP) is 2.62. The van der Waals surface area contributed by atoms with Crippen molar-refractivity contribution < 1.29 is 4.74 Å². The van der Waals surface area contributed by atoms with Crippen LogP contribution >= 0.6 is 0 Å². The van der Waals surface area contributed by atoms with E-state index in [4.69, 9.17) is 10.5 Å². The molecule has 0 radical (unpaired) electrons. The Labute approximate surface area is 114 Å². The Morgan fingerprint density at radius 3 is 2.63 bits per heavy atom. The molecule has 0 atom stereocenters. The van der Waals surface area contributed by atoms with E-state index >= 15 is 0 Å². The van der Waals surface area contributed by atoms with Crippen LogP contribution in [0.3, 0.4) is 0 Å². The zero-order valence-corrected chi connectivity index (χ0v) is 10.8. The Balaban J connectivity index is 1.89. The zero-order valence-electron chi connectivity index (χ0n) is 10.8. The van der Waals surface area contributed by atoms with E-state index in [9.17, 15) is 0 Å². The predicted molar refractivity (Wildman–Crippen MR) is 78.0 cm³/mol. The van der Waals surface area contributed by atoms with Gasteiger partial charge in [-0.25, -0.2) is 0 Å².